The number of rotatable bonds is 4. The molecule has 3 heterocycles. The van der Waals surface area contributed by atoms with Crippen molar-refractivity contribution in [1.82, 2.24) is 15.0 Å². The summed E-state index contributed by atoms with van der Waals surface area (Å²) in [6.07, 6.45) is 3.83. The van der Waals surface area contributed by atoms with Crippen molar-refractivity contribution in [3.8, 4) is 0 Å². The van der Waals surface area contributed by atoms with E-state index in [9.17, 15) is 4.79 Å². The van der Waals surface area contributed by atoms with Crippen molar-refractivity contribution in [3.63, 3.8) is 0 Å². The minimum atomic E-state index is -1.04. The number of hydrogen-bond acceptors (Lipinski definition) is 5. The van der Waals surface area contributed by atoms with Gasteiger partial charge in [-0.25, -0.2) is 4.79 Å². The van der Waals surface area contributed by atoms with E-state index in [1.807, 2.05) is 0 Å². The maximum atomic E-state index is 10.7. The van der Waals surface area contributed by atoms with Crippen LogP contribution in [0.1, 0.15) is 35.5 Å². The maximum absolute atomic E-state index is 10.7. The molecular weight excluding hydrogens is 246 g/mol. The molecule has 0 spiro atoms. The number of aromatic carboxylic acids is 1. The van der Waals surface area contributed by atoms with Gasteiger partial charge in [0, 0.05) is 25.2 Å². The van der Waals surface area contributed by atoms with Gasteiger partial charge in [0.15, 0.2) is 11.5 Å². The van der Waals surface area contributed by atoms with E-state index in [2.05, 4.69) is 15.0 Å². The molecule has 6 heteroatoms. The predicted molar refractivity (Wildman–Crippen MR) is 68.0 cm³/mol. The third-order valence-corrected chi connectivity index (χ3v) is 4.06. The van der Waals surface area contributed by atoms with Crippen LogP contribution in [0.5, 0.6) is 0 Å². The lowest BCUT2D eigenvalue weighted by molar-refractivity contribution is 0.0685. The van der Waals surface area contributed by atoms with E-state index in [1.54, 1.807) is 0 Å². The van der Waals surface area contributed by atoms with Gasteiger partial charge in [-0.2, -0.15) is 0 Å². The second kappa shape index (κ2) is 5.30. The molecule has 1 atom stereocenters. The molecule has 1 aromatic rings. The summed E-state index contributed by atoms with van der Waals surface area (Å²) in [6.45, 7) is 5.20. The Morgan fingerprint density at radius 2 is 2.21 bits per heavy atom. The van der Waals surface area contributed by atoms with Gasteiger partial charge in [-0.3, -0.25) is 9.80 Å². The number of hydrogen-bond donors (Lipinski definition) is 1. The Hall–Kier alpha value is -1.40. The van der Waals surface area contributed by atoms with Crippen molar-refractivity contribution in [1.29, 1.82) is 0 Å². The zero-order valence-corrected chi connectivity index (χ0v) is 10.9. The molecule has 1 aromatic heterocycles. The van der Waals surface area contributed by atoms with Crippen LogP contribution in [-0.2, 0) is 6.54 Å². The maximum Gasteiger partial charge on any atom is 0.358 e. The van der Waals surface area contributed by atoms with Crippen molar-refractivity contribution in [2.24, 2.45) is 0 Å². The Balaban J connectivity index is 1.54. The molecule has 104 valence electrons. The number of carboxylic acids is 1. The van der Waals surface area contributed by atoms with Crippen molar-refractivity contribution in [2.75, 3.05) is 26.2 Å². The highest BCUT2D eigenvalue weighted by Gasteiger charge is 2.29. The van der Waals surface area contributed by atoms with Crippen LogP contribution in [0, 0.1) is 0 Å². The van der Waals surface area contributed by atoms with E-state index in [-0.39, 0.29) is 5.69 Å². The highest BCUT2D eigenvalue weighted by atomic mass is 16.5. The molecule has 19 heavy (non-hydrogen) atoms. The third-order valence-electron chi connectivity index (χ3n) is 4.06. The second-order valence-corrected chi connectivity index (χ2v) is 5.40. The lowest BCUT2D eigenvalue weighted by Crippen LogP contribution is -2.35. The van der Waals surface area contributed by atoms with Crippen LogP contribution >= 0.6 is 0 Å². The van der Waals surface area contributed by atoms with Gasteiger partial charge in [-0.1, -0.05) is 5.16 Å². The van der Waals surface area contributed by atoms with E-state index < -0.39 is 5.97 Å². The quantitative estimate of drug-likeness (QED) is 0.877. The number of carboxylic acid groups (broad SMARTS) is 1. The molecule has 0 aromatic carbocycles. The second-order valence-electron chi connectivity index (χ2n) is 5.40. The first kappa shape index (κ1) is 12.6. The van der Waals surface area contributed by atoms with Crippen molar-refractivity contribution < 1.29 is 14.4 Å². The van der Waals surface area contributed by atoms with Gasteiger partial charge in [-0.15, -0.1) is 0 Å². The van der Waals surface area contributed by atoms with Crippen LogP contribution in [0.3, 0.4) is 0 Å². The third kappa shape index (κ3) is 2.79. The fourth-order valence-corrected chi connectivity index (χ4v) is 3.07. The largest absolute Gasteiger partial charge is 0.476 e. The van der Waals surface area contributed by atoms with Gasteiger partial charge >= 0.3 is 5.97 Å². The fraction of sp³-hybridized carbons (Fsp3) is 0.692. The molecule has 0 radical (unpaired) electrons. The molecule has 0 aliphatic carbocycles. The highest BCUT2D eigenvalue weighted by Crippen LogP contribution is 2.21. The van der Waals surface area contributed by atoms with Crippen LogP contribution in [0.4, 0.5) is 0 Å². The molecule has 0 saturated carbocycles. The van der Waals surface area contributed by atoms with Gasteiger partial charge in [0.05, 0.1) is 6.54 Å². The zero-order chi connectivity index (χ0) is 13.2. The first-order chi connectivity index (χ1) is 9.22. The standard InChI is InChI=1S/C13H19N3O3/c17-13(18)12-7-11(19-14-12)9-15-6-3-10(8-15)16-4-1-2-5-16/h7,10H,1-6,8-9H2,(H,17,18). The Morgan fingerprint density at radius 1 is 1.42 bits per heavy atom. The lowest BCUT2D eigenvalue weighted by Gasteiger charge is -2.23. The monoisotopic (exact) mass is 265 g/mol. The molecular formula is C13H19N3O3. The van der Waals surface area contributed by atoms with Crippen molar-refractivity contribution in [2.45, 2.75) is 31.8 Å². The van der Waals surface area contributed by atoms with E-state index in [0.717, 1.165) is 13.1 Å². The predicted octanol–water partition coefficient (Wildman–Crippen LogP) is 1.04. The minimum Gasteiger partial charge on any atom is -0.476 e. The van der Waals surface area contributed by atoms with Gasteiger partial charge in [-0.05, 0) is 32.4 Å². The van der Waals surface area contributed by atoms with Gasteiger partial charge in [0.25, 0.3) is 0 Å². The number of aromatic nitrogens is 1. The van der Waals surface area contributed by atoms with Gasteiger partial charge < -0.3 is 9.63 Å². The highest BCUT2D eigenvalue weighted by molar-refractivity contribution is 5.85. The Labute approximate surface area is 112 Å². The first-order valence-corrected chi connectivity index (χ1v) is 6.87. The number of likely N-dealkylation sites (tertiary alicyclic amines) is 2. The summed E-state index contributed by atoms with van der Waals surface area (Å²) < 4.78 is 5.06. The molecule has 0 bridgehead atoms. The summed E-state index contributed by atoms with van der Waals surface area (Å²) in [5, 5.41) is 12.3. The molecule has 1 unspecified atom stereocenters. The molecule has 6 nitrogen and oxygen atoms in total. The molecule has 1 N–H and O–H groups in total. The summed E-state index contributed by atoms with van der Waals surface area (Å²) >= 11 is 0. The molecule has 0 amide bonds. The zero-order valence-electron chi connectivity index (χ0n) is 10.9. The van der Waals surface area contributed by atoms with E-state index >= 15 is 0 Å². The average Bonchev–Trinajstić information content (AvgIpc) is 3.09. The SMILES string of the molecule is O=C(O)c1cc(CN2CCC(N3CCCC3)C2)on1. The molecule has 2 aliphatic heterocycles. The van der Waals surface area contributed by atoms with Crippen LogP contribution in [0.2, 0.25) is 0 Å². The number of carbonyl (C=O) groups is 1. The van der Waals surface area contributed by atoms with Crippen LogP contribution in [-0.4, -0.2) is 58.3 Å². The van der Waals surface area contributed by atoms with E-state index in [1.165, 1.54) is 38.4 Å². The average molecular weight is 265 g/mol. The fourth-order valence-electron chi connectivity index (χ4n) is 3.07. The van der Waals surface area contributed by atoms with Gasteiger partial charge in [0.1, 0.15) is 0 Å². The topological polar surface area (TPSA) is 69.8 Å². The summed E-state index contributed by atoms with van der Waals surface area (Å²) in [5.74, 6) is -0.397. The molecule has 2 saturated heterocycles. The van der Waals surface area contributed by atoms with Crippen molar-refractivity contribution in [3.05, 3.63) is 17.5 Å². The number of nitrogens with zero attached hydrogens (tertiary/aromatic N) is 3. The summed E-state index contributed by atoms with van der Waals surface area (Å²) in [4.78, 5) is 15.6. The summed E-state index contributed by atoms with van der Waals surface area (Å²) in [7, 11) is 0. The van der Waals surface area contributed by atoms with E-state index in [0.29, 0.717) is 18.3 Å². The van der Waals surface area contributed by atoms with Crippen LogP contribution in [0.25, 0.3) is 0 Å². The minimum absolute atomic E-state index is 0.00899. The summed E-state index contributed by atoms with van der Waals surface area (Å²) in [5.41, 5.74) is -0.00899. The Bertz CT molecular complexity index is 454. The summed E-state index contributed by atoms with van der Waals surface area (Å²) in [6, 6.07) is 2.18. The van der Waals surface area contributed by atoms with Gasteiger partial charge in [0.2, 0.25) is 0 Å². The van der Waals surface area contributed by atoms with Crippen LogP contribution in [0.15, 0.2) is 10.6 Å². The first-order valence-electron chi connectivity index (χ1n) is 6.87. The van der Waals surface area contributed by atoms with E-state index in [4.69, 9.17) is 9.63 Å². The molecule has 2 aliphatic rings. The Morgan fingerprint density at radius 3 is 2.89 bits per heavy atom. The lowest BCUT2D eigenvalue weighted by atomic mass is 10.2. The molecule has 2 fully saturated rings. The smallest absolute Gasteiger partial charge is 0.358 e. The Kier molecular flexibility index (Phi) is 3.52. The van der Waals surface area contributed by atoms with Crippen LogP contribution < -0.4 is 0 Å². The molecule has 3 rings (SSSR count). The normalized spacial score (nSPS) is 25.2. The van der Waals surface area contributed by atoms with Crippen molar-refractivity contribution >= 4 is 5.97 Å².